The molecule has 3 atom stereocenters. The van der Waals surface area contributed by atoms with Crippen LogP contribution in [0.3, 0.4) is 0 Å². The van der Waals surface area contributed by atoms with E-state index in [1.165, 1.54) is 7.11 Å². The molecule has 0 unspecified atom stereocenters. The van der Waals surface area contributed by atoms with Gasteiger partial charge in [0.05, 0.1) is 25.3 Å². The van der Waals surface area contributed by atoms with E-state index in [0.29, 0.717) is 38.8 Å². The van der Waals surface area contributed by atoms with Gasteiger partial charge in [-0.3, -0.25) is 14.4 Å². The molecule has 1 spiro atoms. The molecule has 2 heterocycles. The number of benzene rings is 4. The van der Waals surface area contributed by atoms with Gasteiger partial charge in [-0.15, -0.1) is 0 Å². The van der Waals surface area contributed by atoms with Crippen molar-refractivity contribution in [3.63, 3.8) is 0 Å². The number of Topliss-reactive ketones (excluding diaryl/α,β-unsaturated/α-hetero) is 3. The highest BCUT2D eigenvalue weighted by molar-refractivity contribution is 6.35. The van der Waals surface area contributed by atoms with Crippen LogP contribution in [0.15, 0.2) is 97.1 Å². The van der Waals surface area contributed by atoms with Gasteiger partial charge in [0.1, 0.15) is 23.0 Å². The van der Waals surface area contributed by atoms with Crippen molar-refractivity contribution >= 4 is 40.7 Å². The van der Waals surface area contributed by atoms with Crippen LogP contribution in [0.5, 0.6) is 11.5 Å². The minimum atomic E-state index is -1.66. The number of para-hydroxylation sites is 1. The zero-order valence-electron chi connectivity index (χ0n) is 22.9. The van der Waals surface area contributed by atoms with E-state index in [9.17, 15) is 14.4 Å². The zero-order valence-corrected chi connectivity index (χ0v) is 23.7. The number of rotatable bonds is 5. The van der Waals surface area contributed by atoms with Crippen LogP contribution in [-0.4, -0.2) is 43.7 Å². The lowest BCUT2D eigenvalue weighted by atomic mass is 9.64. The molecule has 2 aliphatic heterocycles. The Morgan fingerprint density at radius 3 is 2.19 bits per heavy atom. The lowest BCUT2D eigenvalue weighted by molar-refractivity contribution is 0.0664. The molecule has 0 amide bonds. The van der Waals surface area contributed by atoms with Crippen LogP contribution in [0, 0.1) is 5.41 Å². The van der Waals surface area contributed by atoms with Crippen molar-refractivity contribution < 1.29 is 23.9 Å². The summed E-state index contributed by atoms with van der Waals surface area (Å²) in [5.74, 6) is -0.900. The maximum atomic E-state index is 14.9. The second-order valence-corrected chi connectivity index (χ2v) is 11.1. The summed E-state index contributed by atoms with van der Waals surface area (Å²) in [5, 5.41) is 0.296. The van der Waals surface area contributed by atoms with Gasteiger partial charge >= 0.3 is 0 Å². The van der Waals surface area contributed by atoms with Crippen molar-refractivity contribution in [3.8, 4) is 11.5 Å². The topological polar surface area (TPSA) is 72.9 Å². The van der Waals surface area contributed by atoms with E-state index in [2.05, 4.69) is 0 Å². The van der Waals surface area contributed by atoms with Crippen molar-refractivity contribution in [1.29, 1.82) is 0 Å². The maximum Gasteiger partial charge on any atom is 0.187 e. The predicted octanol–water partition coefficient (Wildman–Crippen LogP) is 6.67. The fraction of sp³-hybridized carbons (Fsp3) is 0.171. The molecule has 1 aliphatic carbocycles. The molecule has 1 fully saturated rings. The lowest BCUT2D eigenvalue weighted by Crippen LogP contribution is -2.48. The van der Waals surface area contributed by atoms with E-state index < -0.39 is 23.4 Å². The number of methoxy groups -OCH3 is 2. The normalized spacial score (nSPS) is 21.2. The summed E-state index contributed by atoms with van der Waals surface area (Å²) in [7, 11) is 3.08. The number of halogens is 1. The summed E-state index contributed by atoms with van der Waals surface area (Å²) in [6.45, 7) is 0. The number of carbonyl (C=O) groups excluding carboxylic acids is 3. The van der Waals surface area contributed by atoms with Crippen LogP contribution in [0.4, 0.5) is 5.69 Å². The van der Waals surface area contributed by atoms with Gasteiger partial charge in [0, 0.05) is 33.9 Å². The van der Waals surface area contributed by atoms with Gasteiger partial charge in [-0.05, 0) is 42.0 Å². The minimum Gasteiger partial charge on any atom is -0.497 e. The van der Waals surface area contributed by atoms with E-state index in [1.807, 2.05) is 41.3 Å². The van der Waals surface area contributed by atoms with Crippen LogP contribution >= 0.6 is 11.6 Å². The Morgan fingerprint density at radius 1 is 0.833 bits per heavy atom. The molecule has 4 aromatic rings. The number of ketones is 3. The SMILES string of the molecule is COc1ccc(OC)c([C@@H]2[C@@H](C(=O)c3ccccc3Cl)N3c4ccccc4C=C[C@@H]3C23C(=O)c2ccccc2C3=O)c1. The largest absolute Gasteiger partial charge is 0.497 e. The molecule has 6 nitrogen and oxygen atoms in total. The molecule has 0 radical (unpaired) electrons. The number of hydrogen-bond donors (Lipinski definition) is 0. The molecule has 208 valence electrons. The molecule has 4 aromatic carbocycles. The van der Waals surface area contributed by atoms with Gasteiger partial charge < -0.3 is 14.4 Å². The number of fused-ring (bicyclic) bond motifs is 5. The van der Waals surface area contributed by atoms with E-state index >= 15 is 0 Å². The number of nitrogens with zero attached hydrogens (tertiary/aromatic N) is 1. The van der Waals surface area contributed by atoms with Gasteiger partial charge in [0.15, 0.2) is 17.3 Å². The first-order chi connectivity index (χ1) is 20.4. The highest BCUT2D eigenvalue weighted by Crippen LogP contribution is 2.62. The average molecular weight is 576 g/mol. The van der Waals surface area contributed by atoms with Gasteiger partial charge in [-0.1, -0.05) is 78.4 Å². The van der Waals surface area contributed by atoms with Crippen molar-refractivity contribution in [2.24, 2.45) is 5.41 Å². The van der Waals surface area contributed by atoms with E-state index in [4.69, 9.17) is 21.1 Å². The van der Waals surface area contributed by atoms with E-state index in [0.717, 1.165) is 11.3 Å². The van der Waals surface area contributed by atoms with Crippen LogP contribution < -0.4 is 14.4 Å². The average Bonchev–Trinajstić information content (AvgIpc) is 3.46. The minimum absolute atomic E-state index is 0.293. The molecule has 0 bridgehead atoms. The number of hydrogen-bond acceptors (Lipinski definition) is 6. The smallest absolute Gasteiger partial charge is 0.187 e. The highest BCUT2D eigenvalue weighted by Gasteiger charge is 2.72. The van der Waals surface area contributed by atoms with Crippen LogP contribution in [0.25, 0.3) is 6.08 Å². The van der Waals surface area contributed by atoms with Crippen molar-refractivity contribution in [1.82, 2.24) is 0 Å². The Hall–Kier alpha value is -4.68. The maximum absolute atomic E-state index is 14.9. The number of carbonyl (C=O) groups is 3. The van der Waals surface area contributed by atoms with Crippen LogP contribution in [0.1, 0.15) is 48.1 Å². The Bertz CT molecular complexity index is 1790. The Balaban J connectivity index is 1.60. The van der Waals surface area contributed by atoms with Crippen molar-refractivity contribution in [2.45, 2.75) is 18.0 Å². The summed E-state index contributed by atoms with van der Waals surface area (Å²) in [6, 6.07) is 25.0. The molecule has 7 heteroatoms. The van der Waals surface area contributed by atoms with Crippen LogP contribution in [-0.2, 0) is 0 Å². The first-order valence-corrected chi connectivity index (χ1v) is 14.1. The van der Waals surface area contributed by atoms with Gasteiger partial charge in [0.25, 0.3) is 0 Å². The summed E-state index contributed by atoms with van der Waals surface area (Å²) in [5.41, 5.74) is 1.55. The Kier molecular flexibility index (Phi) is 6.06. The fourth-order valence-corrected chi connectivity index (χ4v) is 7.39. The Morgan fingerprint density at radius 2 is 1.50 bits per heavy atom. The van der Waals surface area contributed by atoms with Crippen molar-refractivity contribution in [3.05, 3.63) is 130 Å². The lowest BCUT2D eigenvalue weighted by Gasteiger charge is -2.37. The first-order valence-electron chi connectivity index (χ1n) is 13.7. The summed E-state index contributed by atoms with van der Waals surface area (Å²) in [6.07, 6.45) is 3.83. The van der Waals surface area contributed by atoms with Gasteiger partial charge in [-0.2, -0.15) is 0 Å². The monoisotopic (exact) mass is 575 g/mol. The number of anilines is 1. The summed E-state index contributed by atoms with van der Waals surface area (Å²) in [4.78, 5) is 46.4. The fourth-order valence-electron chi connectivity index (χ4n) is 7.16. The third-order valence-electron chi connectivity index (χ3n) is 8.89. The molecule has 42 heavy (non-hydrogen) atoms. The first kappa shape index (κ1) is 26.2. The molecule has 0 N–H and O–H groups in total. The van der Waals surface area contributed by atoms with E-state index in [-0.39, 0.29) is 17.3 Å². The Labute approximate surface area is 248 Å². The summed E-state index contributed by atoms with van der Waals surface area (Å²) < 4.78 is 11.4. The van der Waals surface area contributed by atoms with Crippen LogP contribution in [0.2, 0.25) is 5.02 Å². The third-order valence-corrected chi connectivity index (χ3v) is 9.22. The van der Waals surface area contributed by atoms with Gasteiger partial charge in [0.2, 0.25) is 0 Å². The van der Waals surface area contributed by atoms with E-state index in [1.54, 1.807) is 73.8 Å². The van der Waals surface area contributed by atoms with Gasteiger partial charge in [-0.25, -0.2) is 0 Å². The standard InChI is InChI=1S/C35H26ClNO5/c1-41-21-16-17-28(42-2)25(19-21)30-31(32(38)24-12-6-7-13-26(24)36)37-27-14-8-3-9-20(27)15-18-29(37)35(30)33(39)22-10-4-5-11-23(22)34(35)40/h3-19,29-31H,1-2H3/t29-,30-,31+/m1/s1. The molecule has 0 saturated carbocycles. The molecule has 3 aliphatic rings. The molecular formula is C35H26ClNO5. The molecule has 7 rings (SSSR count). The molecule has 0 aromatic heterocycles. The van der Waals surface area contributed by atoms with Crippen molar-refractivity contribution in [2.75, 3.05) is 19.1 Å². The molecule has 1 saturated heterocycles. The zero-order chi connectivity index (χ0) is 29.2. The summed E-state index contributed by atoms with van der Waals surface area (Å²) >= 11 is 6.62. The second kappa shape index (κ2) is 9.71. The predicted molar refractivity (Wildman–Crippen MR) is 161 cm³/mol. The quantitative estimate of drug-likeness (QED) is 0.195. The molecular weight excluding hydrogens is 550 g/mol. The third kappa shape index (κ3) is 3.42. The number of ether oxygens (including phenoxy) is 2. The second-order valence-electron chi connectivity index (χ2n) is 10.7. The highest BCUT2D eigenvalue weighted by atomic mass is 35.5.